The van der Waals surface area contributed by atoms with Gasteiger partial charge < -0.3 is 14.6 Å². The lowest BCUT2D eigenvalue weighted by Crippen LogP contribution is -2.41. The number of rotatable bonds is 3. The van der Waals surface area contributed by atoms with E-state index in [9.17, 15) is 13.6 Å². The number of nitrogens with zero attached hydrogens (tertiary/aromatic N) is 3. The van der Waals surface area contributed by atoms with Gasteiger partial charge in [0, 0.05) is 6.54 Å². The molecule has 0 aromatic carbocycles. The zero-order valence-corrected chi connectivity index (χ0v) is 12.3. The van der Waals surface area contributed by atoms with E-state index in [4.69, 9.17) is 4.42 Å². The minimum atomic E-state index is -3.00. The zero-order valence-electron chi connectivity index (χ0n) is 12.3. The number of carbonyl (C=O) groups excluding carboxylic acids is 1. The molecule has 22 heavy (non-hydrogen) atoms. The molecule has 1 N–H and O–H groups in total. The Morgan fingerprint density at radius 3 is 2.68 bits per heavy atom. The first-order chi connectivity index (χ1) is 10.7. The van der Waals surface area contributed by atoms with Crippen molar-refractivity contribution >= 4 is 5.91 Å². The number of amides is 1. The molecule has 8 heteroatoms. The Morgan fingerprint density at radius 2 is 1.95 bits per heavy atom. The largest absolute Gasteiger partial charge is 0.421 e. The van der Waals surface area contributed by atoms with Crippen molar-refractivity contribution in [3.8, 4) is 0 Å². The number of likely N-dealkylation sites (tertiary alicyclic amines) is 1. The Hall–Kier alpha value is -1.57. The SMILES string of the molecule is O=C(C(F)F)N1CCCCC1c1nnc(C2CCCCN2)o1. The molecule has 3 rings (SSSR count). The molecule has 2 fully saturated rings. The van der Waals surface area contributed by atoms with Gasteiger partial charge in [0.25, 0.3) is 5.91 Å². The van der Waals surface area contributed by atoms with E-state index in [1.54, 1.807) is 0 Å². The molecule has 6 nitrogen and oxygen atoms in total. The van der Waals surface area contributed by atoms with Crippen LogP contribution in [0.2, 0.25) is 0 Å². The number of alkyl halides is 2. The van der Waals surface area contributed by atoms with Crippen LogP contribution in [0.5, 0.6) is 0 Å². The van der Waals surface area contributed by atoms with Gasteiger partial charge in [0.05, 0.1) is 6.04 Å². The van der Waals surface area contributed by atoms with Crippen molar-refractivity contribution in [2.24, 2.45) is 0 Å². The lowest BCUT2D eigenvalue weighted by Gasteiger charge is -2.33. The van der Waals surface area contributed by atoms with Crippen molar-refractivity contribution in [1.82, 2.24) is 20.4 Å². The van der Waals surface area contributed by atoms with Crippen LogP contribution in [-0.4, -0.2) is 40.5 Å². The van der Waals surface area contributed by atoms with Gasteiger partial charge in [-0.05, 0) is 38.6 Å². The van der Waals surface area contributed by atoms with Crippen molar-refractivity contribution < 1.29 is 18.0 Å². The summed E-state index contributed by atoms with van der Waals surface area (Å²) in [5.41, 5.74) is 0. The Balaban J connectivity index is 1.76. The summed E-state index contributed by atoms with van der Waals surface area (Å²) in [6.45, 7) is 1.22. The summed E-state index contributed by atoms with van der Waals surface area (Å²) in [5, 5.41) is 11.4. The predicted octanol–water partition coefficient (Wildman–Crippen LogP) is 2.20. The number of halogens is 2. The second-order valence-electron chi connectivity index (χ2n) is 5.82. The normalized spacial score (nSPS) is 26.4. The van der Waals surface area contributed by atoms with E-state index in [2.05, 4.69) is 15.5 Å². The smallest absolute Gasteiger partial charge is 0.315 e. The van der Waals surface area contributed by atoms with Gasteiger partial charge in [-0.2, -0.15) is 8.78 Å². The number of aromatic nitrogens is 2. The lowest BCUT2D eigenvalue weighted by atomic mass is 10.0. The summed E-state index contributed by atoms with van der Waals surface area (Å²) in [5.74, 6) is -0.388. The standard InChI is InChI=1S/C14H20F2N4O2/c15-11(16)14(21)20-8-4-2-6-10(20)13-19-18-12(22-13)9-5-1-3-7-17-9/h9-11,17H,1-8H2. The third-order valence-electron chi connectivity index (χ3n) is 4.32. The molecule has 1 amide bonds. The summed E-state index contributed by atoms with van der Waals surface area (Å²) in [4.78, 5) is 12.8. The molecule has 2 saturated heterocycles. The first-order valence-electron chi connectivity index (χ1n) is 7.82. The van der Waals surface area contributed by atoms with Crippen LogP contribution in [0, 0.1) is 0 Å². The van der Waals surface area contributed by atoms with Gasteiger partial charge >= 0.3 is 6.43 Å². The predicted molar refractivity (Wildman–Crippen MR) is 73.2 cm³/mol. The molecule has 0 saturated carbocycles. The van der Waals surface area contributed by atoms with Crippen molar-refractivity contribution in [2.45, 2.75) is 57.0 Å². The van der Waals surface area contributed by atoms with Gasteiger partial charge in [0.1, 0.15) is 6.04 Å². The van der Waals surface area contributed by atoms with Gasteiger partial charge in [0.15, 0.2) is 0 Å². The van der Waals surface area contributed by atoms with Crippen LogP contribution < -0.4 is 5.32 Å². The van der Waals surface area contributed by atoms with Crippen LogP contribution >= 0.6 is 0 Å². The first-order valence-corrected chi connectivity index (χ1v) is 7.82. The number of hydrogen-bond donors (Lipinski definition) is 1. The summed E-state index contributed by atoms with van der Waals surface area (Å²) in [6, 6.07) is -0.502. The van der Waals surface area contributed by atoms with Crippen LogP contribution in [0.3, 0.4) is 0 Å². The van der Waals surface area contributed by atoms with Crippen molar-refractivity contribution in [1.29, 1.82) is 0 Å². The van der Waals surface area contributed by atoms with E-state index in [1.807, 2.05) is 0 Å². The molecule has 1 aromatic heterocycles. The Labute approximate surface area is 127 Å². The van der Waals surface area contributed by atoms with E-state index in [0.29, 0.717) is 18.9 Å². The number of nitrogens with one attached hydrogen (secondary N) is 1. The number of carbonyl (C=O) groups is 1. The summed E-state index contributed by atoms with van der Waals surface area (Å²) >= 11 is 0. The fourth-order valence-corrected chi connectivity index (χ4v) is 3.16. The Morgan fingerprint density at radius 1 is 1.18 bits per heavy atom. The average Bonchev–Trinajstić information content (AvgIpc) is 3.05. The third kappa shape index (κ3) is 3.11. The molecule has 3 heterocycles. The maximum absolute atomic E-state index is 12.7. The van der Waals surface area contributed by atoms with E-state index in [-0.39, 0.29) is 11.9 Å². The van der Waals surface area contributed by atoms with Crippen LogP contribution in [0.15, 0.2) is 4.42 Å². The summed E-state index contributed by atoms with van der Waals surface area (Å²) < 4.78 is 31.2. The highest BCUT2D eigenvalue weighted by Crippen LogP contribution is 2.32. The van der Waals surface area contributed by atoms with Crippen molar-refractivity contribution in [2.75, 3.05) is 13.1 Å². The topological polar surface area (TPSA) is 71.3 Å². The quantitative estimate of drug-likeness (QED) is 0.926. The monoisotopic (exact) mass is 314 g/mol. The third-order valence-corrected chi connectivity index (χ3v) is 4.32. The fraction of sp³-hybridized carbons (Fsp3) is 0.786. The van der Waals surface area contributed by atoms with Crippen LogP contribution in [0.1, 0.15) is 62.4 Å². The average molecular weight is 314 g/mol. The maximum Gasteiger partial charge on any atom is 0.315 e. The molecule has 2 atom stereocenters. The highest BCUT2D eigenvalue weighted by atomic mass is 19.3. The highest BCUT2D eigenvalue weighted by Gasteiger charge is 2.36. The van der Waals surface area contributed by atoms with E-state index < -0.39 is 18.4 Å². The van der Waals surface area contributed by atoms with Gasteiger partial charge in [-0.1, -0.05) is 6.42 Å². The second kappa shape index (κ2) is 6.68. The van der Waals surface area contributed by atoms with Crippen molar-refractivity contribution in [3.63, 3.8) is 0 Å². The molecule has 2 aliphatic rings. The first kappa shape index (κ1) is 15.3. The van der Waals surface area contributed by atoms with Crippen LogP contribution in [-0.2, 0) is 4.79 Å². The maximum atomic E-state index is 12.7. The van der Waals surface area contributed by atoms with Gasteiger partial charge in [-0.3, -0.25) is 4.79 Å². The molecule has 2 unspecified atom stereocenters. The second-order valence-corrected chi connectivity index (χ2v) is 5.82. The molecule has 122 valence electrons. The minimum Gasteiger partial charge on any atom is -0.421 e. The zero-order chi connectivity index (χ0) is 15.5. The molecule has 0 bridgehead atoms. The van der Waals surface area contributed by atoms with E-state index in [0.717, 1.165) is 38.6 Å². The molecular weight excluding hydrogens is 294 g/mol. The highest BCUT2D eigenvalue weighted by molar-refractivity contribution is 5.79. The summed E-state index contributed by atoms with van der Waals surface area (Å²) in [6.07, 6.45) is 2.30. The molecule has 0 spiro atoms. The van der Waals surface area contributed by atoms with Crippen molar-refractivity contribution in [3.05, 3.63) is 11.8 Å². The minimum absolute atomic E-state index is 0.0258. The lowest BCUT2D eigenvalue weighted by molar-refractivity contribution is -0.147. The molecular formula is C14H20F2N4O2. The van der Waals surface area contributed by atoms with E-state index in [1.165, 1.54) is 4.90 Å². The van der Waals surface area contributed by atoms with Gasteiger partial charge in [-0.15, -0.1) is 10.2 Å². The number of piperidine rings is 2. The summed E-state index contributed by atoms with van der Waals surface area (Å²) in [7, 11) is 0. The Bertz CT molecular complexity index is 517. The number of hydrogen-bond acceptors (Lipinski definition) is 5. The molecule has 2 aliphatic heterocycles. The van der Waals surface area contributed by atoms with E-state index >= 15 is 0 Å². The van der Waals surface area contributed by atoms with Gasteiger partial charge in [-0.25, -0.2) is 0 Å². The van der Waals surface area contributed by atoms with Crippen LogP contribution in [0.25, 0.3) is 0 Å². The fourth-order valence-electron chi connectivity index (χ4n) is 3.16. The molecule has 0 aliphatic carbocycles. The van der Waals surface area contributed by atoms with Gasteiger partial charge in [0.2, 0.25) is 11.8 Å². The molecule has 1 aromatic rings. The Kier molecular flexibility index (Phi) is 4.66. The molecule has 0 radical (unpaired) electrons. The van der Waals surface area contributed by atoms with Crippen LogP contribution in [0.4, 0.5) is 8.78 Å².